The van der Waals surface area contributed by atoms with Crippen LogP contribution in [0, 0.1) is 6.92 Å². The number of carbonyl (C=O) groups is 1. The lowest BCUT2D eigenvalue weighted by atomic mass is 9.98. The van der Waals surface area contributed by atoms with Crippen molar-refractivity contribution in [3.8, 4) is 0 Å². The second-order valence-electron chi connectivity index (χ2n) is 8.05. The fourth-order valence-electron chi connectivity index (χ4n) is 3.35. The van der Waals surface area contributed by atoms with Gasteiger partial charge in [-0.15, -0.1) is 0 Å². The number of hydrogen-bond acceptors (Lipinski definition) is 2. The second-order valence-corrected chi connectivity index (χ2v) is 8.05. The van der Waals surface area contributed by atoms with Crippen molar-refractivity contribution in [2.24, 2.45) is 0 Å². The van der Waals surface area contributed by atoms with Gasteiger partial charge >= 0.3 is 6.09 Å². The molecular formula is C23H28N2O2. The number of alkyl carbamates (subject to hydrolysis) is 1. The molecule has 3 rings (SSSR count). The van der Waals surface area contributed by atoms with Crippen molar-refractivity contribution in [1.29, 1.82) is 0 Å². The van der Waals surface area contributed by atoms with E-state index in [0.717, 1.165) is 18.4 Å². The minimum atomic E-state index is -0.515. The van der Waals surface area contributed by atoms with Crippen LogP contribution in [-0.2, 0) is 17.6 Å². The van der Waals surface area contributed by atoms with E-state index in [2.05, 4.69) is 47.6 Å². The molecule has 142 valence electrons. The zero-order valence-corrected chi connectivity index (χ0v) is 16.5. The van der Waals surface area contributed by atoms with Crippen molar-refractivity contribution in [2.45, 2.75) is 52.2 Å². The zero-order valence-electron chi connectivity index (χ0n) is 16.5. The molecule has 1 atom stereocenters. The molecule has 0 aliphatic heterocycles. The van der Waals surface area contributed by atoms with E-state index >= 15 is 0 Å². The van der Waals surface area contributed by atoms with Gasteiger partial charge in [-0.3, -0.25) is 0 Å². The van der Waals surface area contributed by atoms with Crippen LogP contribution in [0.4, 0.5) is 4.79 Å². The average molecular weight is 364 g/mol. The maximum absolute atomic E-state index is 12.4. The molecule has 0 radical (unpaired) electrons. The smallest absolute Gasteiger partial charge is 0.407 e. The highest BCUT2D eigenvalue weighted by molar-refractivity contribution is 5.86. The van der Waals surface area contributed by atoms with Gasteiger partial charge < -0.3 is 15.0 Å². The Kier molecular flexibility index (Phi) is 5.54. The van der Waals surface area contributed by atoms with Crippen molar-refractivity contribution in [3.63, 3.8) is 0 Å². The Balaban J connectivity index is 1.82. The SMILES string of the molecule is Cc1cccc2c(C[C@@H](Cc3ccccc3)NC(=O)OC(C)(C)C)c[nH]c12. The van der Waals surface area contributed by atoms with Crippen LogP contribution in [0.3, 0.4) is 0 Å². The first-order chi connectivity index (χ1) is 12.8. The van der Waals surface area contributed by atoms with Crippen molar-refractivity contribution >= 4 is 17.0 Å². The van der Waals surface area contributed by atoms with Crippen LogP contribution in [0.25, 0.3) is 10.9 Å². The third kappa shape index (κ3) is 5.13. The molecule has 0 aliphatic rings. The van der Waals surface area contributed by atoms with Crippen LogP contribution in [0.1, 0.15) is 37.5 Å². The summed E-state index contributed by atoms with van der Waals surface area (Å²) in [4.78, 5) is 15.7. The van der Waals surface area contributed by atoms with Crippen LogP contribution < -0.4 is 5.32 Å². The third-order valence-electron chi connectivity index (χ3n) is 4.52. The lowest BCUT2D eigenvalue weighted by molar-refractivity contribution is 0.0504. The molecular weight excluding hydrogens is 336 g/mol. The lowest BCUT2D eigenvalue weighted by Crippen LogP contribution is -2.41. The number of fused-ring (bicyclic) bond motifs is 1. The van der Waals surface area contributed by atoms with E-state index in [1.165, 1.54) is 22.1 Å². The van der Waals surface area contributed by atoms with Crippen LogP contribution in [-0.4, -0.2) is 22.7 Å². The van der Waals surface area contributed by atoms with Crippen molar-refractivity contribution < 1.29 is 9.53 Å². The Bertz CT molecular complexity index is 907. The number of H-pyrrole nitrogens is 1. The summed E-state index contributed by atoms with van der Waals surface area (Å²) in [6.45, 7) is 7.73. The quantitative estimate of drug-likeness (QED) is 0.657. The molecule has 1 aromatic heterocycles. The first-order valence-electron chi connectivity index (χ1n) is 9.41. The predicted octanol–water partition coefficient (Wildman–Crippen LogP) is 5.15. The molecule has 4 heteroatoms. The van der Waals surface area contributed by atoms with Crippen LogP contribution in [0.5, 0.6) is 0 Å². The molecule has 27 heavy (non-hydrogen) atoms. The Morgan fingerprint density at radius 3 is 2.52 bits per heavy atom. The number of benzene rings is 2. The van der Waals surface area contributed by atoms with Crippen LogP contribution in [0.2, 0.25) is 0 Å². The molecule has 0 bridgehead atoms. The average Bonchev–Trinajstić information content (AvgIpc) is 2.98. The summed E-state index contributed by atoms with van der Waals surface area (Å²) in [5, 5.41) is 4.27. The van der Waals surface area contributed by atoms with Gasteiger partial charge in [0.05, 0.1) is 0 Å². The molecule has 1 amide bonds. The number of para-hydroxylation sites is 1. The van der Waals surface area contributed by atoms with E-state index in [4.69, 9.17) is 4.74 Å². The lowest BCUT2D eigenvalue weighted by Gasteiger charge is -2.24. The third-order valence-corrected chi connectivity index (χ3v) is 4.52. The molecule has 0 fully saturated rings. The Morgan fingerprint density at radius 1 is 1.07 bits per heavy atom. The number of aromatic amines is 1. The summed E-state index contributed by atoms with van der Waals surface area (Å²) in [5.74, 6) is 0. The highest BCUT2D eigenvalue weighted by atomic mass is 16.6. The summed E-state index contributed by atoms with van der Waals surface area (Å²) < 4.78 is 5.47. The van der Waals surface area contributed by atoms with E-state index in [1.807, 2.05) is 45.2 Å². The van der Waals surface area contributed by atoms with Gasteiger partial charge in [-0.25, -0.2) is 4.79 Å². The monoisotopic (exact) mass is 364 g/mol. The van der Waals surface area contributed by atoms with Gasteiger partial charge in [-0.1, -0.05) is 48.5 Å². The number of ether oxygens (including phenoxy) is 1. The normalized spacial score (nSPS) is 12.7. The molecule has 0 aliphatic carbocycles. The van der Waals surface area contributed by atoms with E-state index in [1.54, 1.807) is 0 Å². The molecule has 0 unspecified atom stereocenters. The molecule has 3 aromatic rings. The molecule has 2 N–H and O–H groups in total. The summed E-state index contributed by atoms with van der Waals surface area (Å²) in [6.07, 6.45) is 3.15. The fraction of sp³-hybridized carbons (Fsp3) is 0.348. The molecule has 2 aromatic carbocycles. The van der Waals surface area contributed by atoms with E-state index in [9.17, 15) is 4.79 Å². The van der Waals surface area contributed by atoms with Crippen LogP contribution >= 0.6 is 0 Å². The number of hydrogen-bond donors (Lipinski definition) is 2. The fourth-order valence-corrected chi connectivity index (χ4v) is 3.35. The van der Waals surface area contributed by atoms with Gasteiger partial charge in [0.2, 0.25) is 0 Å². The topological polar surface area (TPSA) is 54.1 Å². The number of carbonyl (C=O) groups excluding carboxylic acids is 1. The molecule has 1 heterocycles. The summed E-state index contributed by atoms with van der Waals surface area (Å²) >= 11 is 0. The highest BCUT2D eigenvalue weighted by Gasteiger charge is 2.21. The van der Waals surface area contributed by atoms with Crippen molar-refractivity contribution in [2.75, 3.05) is 0 Å². The van der Waals surface area contributed by atoms with Gasteiger partial charge in [0.1, 0.15) is 5.60 Å². The van der Waals surface area contributed by atoms with Gasteiger partial charge in [-0.2, -0.15) is 0 Å². The van der Waals surface area contributed by atoms with Gasteiger partial charge in [0.15, 0.2) is 0 Å². The van der Waals surface area contributed by atoms with Crippen molar-refractivity contribution in [3.05, 3.63) is 71.4 Å². The Hall–Kier alpha value is -2.75. The van der Waals surface area contributed by atoms with E-state index in [0.29, 0.717) is 0 Å². The molecule has 0 saturated carbocycles. The first-order valence-corrected chi connectivity index (χ1v) is 9.41. The molecule has 0 saturated heterocycles. The second kappa shape index (κ2) is 7.87. The number of aryl methyl sites for hydroxylation is 1. The summed E-state index contributed by atoms with van der Waals surface area (Å²) in [7, 11) is 0. The molecule has 0 spiro atoms. The first kappa shape index (κ1) is 19.0. The van der Waals surface area contributed by atoms with Gasteiger partial charge in [0.25, 0.3) is 0 Å². The summed E-state index contributed by atoms with van der Waals surface area (Å²) in [6, 6.07) is 16.5. The predicted molar refractivity (Wildman–Crippen MR) is 110 cm³/mol. The van der Waals surface area contributed by atoms with Crippen molar-refractivity contribution in [1.82, 2.24) is 10.3 Å². The minimum absolute atomic E-state index is 0.0539. The largest absolute Gasteiger partial charge is 0.444 e. The summed E-state index contributed by atoms with van der Waals surface area (Å²) in [5.41, 5.74) is 4.25. The minimum Gasteiger partial charge on any atom is -0.444 e. The standard InChI is InChI=1S/C23H28N2O2/c1-16-9-8-12-20-18(15-24-21(16)20)14-19(13-17-10-6-5-7-11-17)25-22(26)27-23(2,3)4/h5-12,15,19,24H,13-14H2,1-4H3,(H,25,26)/t19-/m1/s1. The highest BCUT2D eigenvalue weighted by Crippen LogP contribution is 2.23. The molecule has 4 nitrogen and oxygen atoms in total. The maximum Gasteiger partial charge on any atom is 0.407 e. The van der Waals surface area contributed by atoms with E-state index in [-0.39, 0.29) is 12.1 Å². The number of nitrogens with one attached hydrogen (secondary N) is 2. The van der Waals surface area contributed by atoms with Gasteiger partial charge in [-0.05, 0) is 57.2 Å². The van der Waals surface area contributed by atoms with Gasteiger partial charge in [0, 0.05) is 23.1 Å². The zero-order chi connectivity index (χ0) is 19.4. The number of amides is 1. The number of rotatable bonds is 5. The van der Waals surface area contributed by atoms with E-state index < -0.39 is 5.60 Å². The van der Waals surface area contributed by atoms with Crippen LogP contribution in [0.15, 0.2) is 54.7 Å². The Morgan fingerprint density at radius 2 is 1.81 bits per heavy atom. The number of aromatic nitrogens is 1. The Labute approximate surface area is 160 Å². The maximum atomic E-state index is 12.4.